The smallest absolute Gasteiger partial charge is 0.229 e. The number of anilines is 1. The van der Waals surface area contributed by atoms with Crippen molar-refractivity contribution in [3.05, 3.63) is 59.4 Å². The number of hydrogen-bond acceptors (Lipinski definition) is 3. The molecule has 1 amide bonds. The molecule has 1 aliphatic rings. The molecule has 7 heteroatoms. The Hall–Kier alpha value is -2.41. The largest absolute Gasteiger partial charge is 0.302 e. The van der Waals surface area contributed by atoms with Gasteiger partial charge in [-0.3, -0.25) is 4.79 Å². The molecule has 2 aromatic carbocycles. The lowest BCUT2D eigenvalue weighted by atomic mass is 10.1. The van der Waals surface area contributed by atoms with E-state index >= 15 is 0 Å². The quantitative estimate of drug-likeness (QED) is 0.759. The molecule has 0 bridgehead atoms. The lowest BCUT2D eigenvalue weighted by molar-refractivity contribution is -0.117. The van der Waals surface area contributed by atoms with E-state index < -0.39 is 11.6 Å². The average molecular weight is 348 g/mol. The monoisotopic (exact) mass is 348 g/mol. The second kappa shape index (κ2) is 5.59. The third-order valence-corrected chi connectivity index (χ3v) is 5.03. The van der Waals surface area contributed by atoms with Crippen LogP contribution >= 0.6 is 11.3 Å². The molecule has 4 rings (SSSR count). The van der Waals surface area contributed by atoms with E-state index in [2.05, 4.69) is 10.3 Å². The zero-order valence-corrected chi connectivity index (χ0v) is 13.0. The molecule has 2 unspecified atom stereocenters. The van der Waals surface area contributed by atoms with Gasteiger partial charge in [-0.1, -0.05) is 29.5 Å². The maximum Gasteiger partial charge on any atom is 0.229 e. The van der Waals surface area contributed by atoms with E-state index in [1.165, 1.54) is 6.07 Å². The number of nitrogens with one attached hydrogen (secondary N) is 1. The molecule has 122 valence electrons. The lowest BCUT2D eigenvalue weighted by Crippen LogP contribution is -2.14. The van der Waals surface area contributed by atoms with Gasteiger partial charge in [0.15, 0.2) is 16.8 Å². The highest BCUT2D eigenvalue weighted by molar-refractivity contribution is 7.22. The average Bonchev–Trinajstić information content (AvgIpc) is 3.25. The third kappa shape index (κ3) is 2.65. The molecule has 0 radical (unpaired) electrons. The number of fused-ring (bicyclic) bond motifs is 1. The Labute approximate surface area is 139 Å². The topological polar surface area (TPSA) is 42.0 Å². The fourth-order valence-corrected chi connectivity index (χ4v) is 3.65. The van der Waals surface area contributed by atoms with Crippen molar-refractivity contribution in [3.8, 4) is 0 Å². The number of thiazole rings is 1. The van der Waals surface area contributed by atoms with Crippen LogP contribution in [0.15, 0.2) is 36.4 Å². The Kier molecular flexibility index (Phi) is 3.53. The summed E-state index contributed by atoms with van der Waals surface area (Å²) in [5, 5.41) is 2.93. The Morgan fingerprint density at radius 1 is 1.12 bits per heavy atom. The first-order chi connectivity index (χ1) is 11.5. The first kappa shape index (κ1) is 15.1. The van der Waals surface area contributed by atoms with E-state index in [-0.39, 0.29) is 34.2 Å². The second-order valence-electron chi connectivity index (χ2n) is 5.71. The van der Waals surface area contributed by atoms with Crippen molar-refractivity contribution in [1.82, 2.24) is 4.98 Å². The summed E-state index contributed by atoms with van der Waals surface area (Å²) in [7, 11) is 0. The zero-order chi connectivity index (χ0) is 16.8. The van der Waals surface area contributed by atoms with E-state index in [0.29, 0.717) is 16.7 Å². The summed E-state index contributed by atoms with van der Waals surface area (Å²) in [5.74, 6) is -2.97. The highest BCUT2D eigenvalue weighted by atomic mass is 32.1. The number of carbonyl (C=O) groups is 1. The number of hydrogen-bond donors (Lipinski definition) is 1. The minimum atomic E-state index is -0.979. The Bertz CT molecular complexity index is 917. The van der Waals surface area contributed by atoms with E-state index in [9.17, 15) is 18.0 Å². The second-order valence-corrected chi connectivity index (χ2v) is 6.74. The van der Waals surface area contributed by atoms with Crippen LogP contribution in [0.5, 0.6) is 0 Å². The van der Waals surface area contributed by atoms with Crippen LogP contribution in [0.25, 0.3) is 10.2 Å². The lowest BCUT2D eigenvalue weighted by Gasteiger charge is -2.02. The van der Waals surface area contributed by atoms with Gasteiger partial charge in [0.2, 0.25) is 5.91 Å². The van der Waals surface area contributed by atoms with E-state index in [0.717, 1.165) is 23.5 Å². The predicted molar refractivity (Wildman–Crippen MR) is 85.4 cm³/mol. The summed E-state index contributed by atoms with van der Waals surface area (Å²) < 4.78 is 40.6. The first-order valence-corrected chi connectivity index (χ1v) is 8.15. The maximum atomic E-state index is 13.7. The summed E-state index contributed by atoms with van der Waals surface area (Å²) in [6.07, 6.45) is 0.570. The molecule has 1 fully saturated rings. The summed E-state index contributed by atoms with van der Waals surface area (Å²) in [6, 6.07) is 8.45. The van der Waals surface area contributed by atoms with Gasteiger partial charge in [0.1, 0.15) is 5.82 Å². The molecule has 3 aromatic rings. The number of halogens is 3. The number of carbonyl (C=O) groups excluding carboxylic acids is 1. The minimum Gasteiger partial charge on any atom is -0.302 e. The molecule has 1 N–H and O–H groups in total. The number of nitrogens with zero attached hydrogens (tertiary/aromatic N) is 1. The molecule has 1 heterocycles. The van der Waals surface area contributed by atoms with E-state index in [1.54, 1.807) is 18.2 Å². The summed E-state index contributed by atoms with van der Waals surface area (Å²) in [6.45, 7) is 0. The van der Waals surface area contributed by atoms with Crippen molar-refractivity contribution < 1.29 is 18.0 Å². The summed E-state index contributed by atoms with van der Waals surface area (Å²) in [5.41, 5.74) is 0.821. The number of aromatic nitrogens is 1. The van der Waals surface area contributed by atoms with Crippen LogP contribution < -0.4 is 5.32 Å². The Morgan fingerprint density at radius 2 is 1.88 bits per heavy atom. The van der Waals surface area contributed by atoms with Gasteiger partial charge in [0, 0.05) is 12.0 Å². The van der Waals surface area contributed by atoms with Gasteiger partial charge in [-0.05, 0) is 30.0 Å². The van der Waals surface area contributed by atoms with Crippen LogP contribution in [0.3, 0.4) is 0 Å². The van der Waals surface area contributed by atoms with Crippen LogP contribution in [0, 0.1) is 23.4 Å². The van der Waals surface area contributed by atoms with Crippen molar-refractivity contribution in [1.29, 1.82) is 0 Å². The van der Waals surface area contributed by atoms with Gasteiger partial charge < -0.3 is 5.32 Å². The fraction of sp³-hybridized carbons (Fsp3) is 0.176. The molecule has 24 heavy (non-hydrogen) atoms. The SMILES string of the molecule is O=C(Nc1nc2cc(F)c(F)cc2s1)C1CC1c1ccccc1F. The summed E-state index contributed by atoms with van der Waals surface area (Å²) >= 11 is 1.07. The maximum absolute atomic E-state index is 13.7. The Balaban J connectivity index is 1.50. The Morgan fingerprint density at radius 3 is 2.67 bits per heavy atom. The van der Waals surface area contributed by atoms with Crippen LogP contribution in [0.4, 0.5) is 18.3 Å². The van der Waals surface area contributed by atoms with Crippen LogP contribution in [0.2, 0.25) is 0 Å². The van der Waals surface area contributed by atoms with Crippen LogP contribution in [-0.4, -0.2) is 10.9 Å². The zero-order valence-electron chi connectivity index (χ0n) is 12.2. The van der Waals surface area contributed by atoms with Gasteiger partial charge >= 0.3 is 0 Å². The molecule has 0 saturated heterocycles. The normalized spacial score (nSPS) is 19.5. The van der Waals surface area contributed by atoms with Gasteiger partial charge in [0.25, 0.3) is 0 Å². The van der Waals surface area contributed by atoms with Gasteiger partial charge in [-0.2, -0.15) is 0 Å². The van der Waals surface area contributed by atoms with Gasteiger partial charge in [-0.15, -0.1) is 0 Å². The van der Waals surface area contributed by atoms with Crippen molar-refractivity contribution >= 4 is 32.6 Å². The molecule has 3 nitrogen and oxygen atoms in total. The third-order valence-electron chi connectivity index (χ3n) is 4.09. The van der Waals surface area contributed by atoms with Crippen LogP contribution in [-0.2, 0) is 4.79 Å². The molecule has 0 spiro atoms. The molecule has 1 aromatic heterocycles. The molecule has 1 saturated carbocycles. The number of amides is 1. The predicted octanol–water partition coefficient (Wildman–Crippen LogP) is 4.46. The van der Waals surface area contributed by atoms with Crippen molar-refractivity contribution in [3.63, 3.8) is 0 Å². The molecular formula is C17H11F3N2OS. The van der Waals surface area contributed by atoms with Gasteiger partial charge in [-0.25, -0.2) is 18.2 Å². The van der Waals surface area contributed by atoms with Crippen molar-refractivity contribution in [2.45, 2.75) is 12.3 Å². The number of benzene rings is 2. The van der Waals surface area contributed by atoms with Crippen molar-refractivity contribution in [2.24, 2.45) is 5.92 Å². The first-order valence-electron chi connectivity index (χ1n) is 7.34. The molecule has 0 aliphatic heterocycles. The molecular weight excluding hydrogens is 337 g/mol. The molecule has 1 aliphatic carbocycles. The highest BCUT2D eigenvalue weighted by Gasteiger charge is 2.45. The standard InChI is InChI=1S/C17H11F3N2OS/c18-11-4-2-1-3-8(11)9-5-10(9)16(23)22-17-21-14-6-12(19)13(20)7-15(14)24-17/h1-4,6-7,9-10H,5H2,(H,21,22,23). The van der Waals surface area contributed by atoms with E-state index in [1.807, 2.05) is 0 Å². The van der Waals surface area contributed by atoms with Crippen LogP contribution in [0.1, 0.15) is 17.9 Å². The minimum absolute atomic E-state index is 0.143. The fourth-order valence-electron chi connectivity index (χ4n) is 2.78. The van der Waals surface area contributed by atoms with E-state index in [4.69, 9.17) is 0 Å². The summed E-state index contributed by atoms with van der Waals surface area (Å²) in [4.78, 5) is 16.4. The highest BCUT2D eigenvalue weighted by Crippen LogP contribution is 2.48. The van der Waals surface area contributed by atoms with Gasteiger partial charge in [0.05, 0.1) is 10.2 Å². The number of rotatable bonds is 3. The molecule has 2 atom stereocenters. The van der Waals surface area contributed by atoms with Crippen molar-refractivity contribution in [2.75, 3.05) is 5.32 Å².